The molecule has 0 fully saturated rings. The number of para-hydroxylation sites is 1. The van der Waals surface area contributed by atoms with Crippen LogP contribution in [0, 0.1) is 5.92 Å². The molecule has 0 saturated heterocycles. The van der Waals surface area contributed by atoms with E-state index in [1.165, 1.54) is 18.3 Å². The predicted octanol–water partition coefficient (Wildman–Crippen LogP) is 0.819. The van der Waals surface area contributed by atoms with Gasteiger partial charge in [-0.2, -0.15) is 0 Å². The Morgan fingerprint density at radius 3 is 1.89 bits per heavy atom. The zero-order valence-electron chi connectivity index (χ0n) is 21.5. The molecule has 38 heavy (non-hydrogen) atoms. The van der Waals surface area contributed by atoms with Crippen LogP contribution < -0.4 is 5.32 Å². The van der Waals surface area contributed by atoms with Gasteiger partial charge in [0, 0.05) is 23.5 Å². The Morgan fingerprint density at radius 1 is 0.868 bits per heavy atom. The minimum absolute atomic E-state index is 0.141. The molecule has 1 aliphatic rings. The number of ketones is 1. The number of Topliss-reactive ketones (excluding diaryl/α,β-unsaturated/α-hetero) is 1. The highest BCUT2D eigenvalue weighted by Gasteiger charge is 2.56. The summed E-state index contributed by atoms with van der Waals surface area (Å²) >= 11 is 0. The van der Waals surface area contributed by atoms with Gasteiger partial charge in [-0.3, -0.25) is 14.6 Å². The van der Waals surface area contributed by atoms with Gasteiger partial charge in [-0.1, -0.05) is 38.3 Å². The molecule has 5 nitrogen and oxygen atoms in total. The molecular formula is C24H19B9N2O3. The van der Waals surface area contributed by atoms with E-state index in [0.717, 1.165) is 0 Å². The molecule has 2 N–H and O–H groups in total. The Balaban J connectivity index is 2.19. The second-order valence-electron chi connectivity index (χ2n) is 10.8. The van der Waals surface area contributed by atoms with E-state index in [1.54, 1.807) is 24.3 Å². The third-order valence-corrected chi connectivity index (χ3v) is 6.65. The minimum Gasteiger partial charge on any atom is -0.508 e. The Bertz CT molecular complexity index is 1270. The summed E-state index contributed by atoms with van der Waals surface area (Å²) in [6, 6.07) is 9.21. The van der Waals surface area contributed by atoms with E-state index in [2.05, 4.69) is 10.3 Å². The average molecular weight is 481 g/mol. The number of anilines is 1. The van der Waals surface area contributed by atoms with Gasteiger partial charge in [0.2, 0.25) is 5.91 Å². The van der Waals surface area contributed by atoms with E-state index in [-0.39, 0.29) is 11.3 Å². The lowest BCUT2D eigenvalue weighted by Crippen LogP contribution is -2.60. The van der Waals surface area contributed by atoms with Gasteiger partial charge in [0.1, 0.15) is 11.7 Å². The number of fused-ring (bicyclic) bond motifs is 1. The topological polar surface area (TPSA) is 78.8 Å². The highest BCUT2D eigenvalue weighted by atomic mass is 16.3. The van der Waals surface area contributed by atoms with Crippen molar-refractivity contribution in [1.29, 1.82) is 0 Å². The molecule has 0 saturated carbocycles. The maximum absolute atomic E-state index is 13.3. The largest absolute Gasteiger partial charge is 0.508 e. The van der Waals surface area contributed by atoms with E-state index in [0.29, 0.717) is 16.8 Å². The summed E-state index contributed by atoms with van der Waals surface area (Å²) < 4.78 is 0. The van der Waals surface area contributed by atoms with Crippen molar-refractivity contribution in [3.05, 3.63) is 53.1 Å². The molecule has 0 aliphatic carbocycles. The first-order chi connectivity index (χ1) is 17.1. The van der Waals surface area contributed by atoms with Gasteiger partial charge >= 0.3 is 0 Å². The standard InChI is InChI=1S/C24H19B9N2O3/c1-20(2,3)13-8-14(21(22(25,26)27,23(28,29)30)24(31,32)33)17(36)9-16(13)35-19(38)12-10-34-15-7-5-4-6-11(15)18(12)37/h4-10,12,36H,1-3H3,(H,35,38). The zero-order valence-corrected chi connectivity index (χ0v) is 21.5. The van der Waals surface area contributed by atoms with Crippen molar-refractivity contribution in [1.82, 2.24) is 0 Å². The highest BCUT2D eigenvalue weighted by Crippen LogP contribution is 2.64. The van der Waals surface area contributed by atoms with Crippen molar-refractivity contribution in [3.63, 3.8) is 0 Å². The van der Waals surface area contributed by atoms with Crippen molar-refractivity contribution in [2.75, 3.05) is 5.32 Å². The number of phenols is 1. The molecule has 1 aliphatic heterocycles. The summed E-state index contributed by atoms with van der Waals surface area (Å²) in [6.07, 6.45) is 1.26. The fourth-order valence-corrected chi connectivity index (χ4v) is 5.02. The Morgan fingerprint density at radius 2 is 1.39 bits per heavy atom. The number of rotatable bonds is 6. The number of carbonyl (C=O) groups is 2. The quantitative estimate of drug-likeness (QED) is 0.475. The first-order valence-electron chi connectivity index (χ1n) is 11.6. The number of hydrogen-bond donors (Lipinski definition) is 2. The lowest BCUT2D eigenvalue weighted by molar-refractivity contribution is -0.116. The molecule has 0 aromatic heterocycles. The molecule has 1 atom stereocenters. The van der Waals surface area contributed by atoms with Crippen molar-refractivity contribution < 1.29 is 14.7 Å². The number of nitrogens with one attached hydrogen (secondary N) is 1. The fraction of sp³-hybridized carbons (Fsp3) is 0.375. The van der Waals surface area contributed by atoms with Crippen LogP contribution in [0.5, 0.6) is 5.75 Å². The number of nitrogens with zero attached hydrogens (tertiary/aromatic N) is 1. The number of phenolic OH excluding ortho intramolecular Hbond substituents is 1. The maximum atomic E-state index is 13.3. The summed E-state index contributed by atoms with van der Waals surface area (Å²) in [6.45, 7) is 5.43. The van der Waals surface area contributed by atoms with Crippen molar-refractivity contribution >= 4 is 99.9 Å². The summed E-state index contributed by atoms with van der Waals surface area (Å²) in [5.41, 5.74) is -2.08. The van der Waals surface area contributed by atoms with Crippen LogP contribution in [0.3, 0.4) is 0 Å². The molecule has 2 aromatic carbocycles. The van der Waals surface area contributed by atoms with E-state index >= 15 is 0 Å². The van der Waals surface area contributed by atoms with Crippen LogP contribution in [0.2, 0.25) is 15.3 Å². The molecule has 14 heteroatoms. The number of amides is 1. The Labute approximate surface area is 236 Å². The Hall–Kier alpha value is -2.37. The summed E-state index contributed by atoms with van der Waals surface area (Å²) in [5.74, 6) is -2.90. The van der Waals surface area contributed by atoms with Crippen LogP contribution >= 0.6 is 0 Å². The fourth-order valence-electron chi connectivity index (χ4n) is 5.02. The highest BCUT2D eigenvalue weighted by molar-refractivity contribution is 6.70. The molecule has 1 unspecified atom stereocenters. The number of hydrogen-bond acceptors (Lipinski definition) is 4. The molecule has 18 radical (unpaired) electrons. The van der Waals surface area contributed by atoms with E-state index in [1.807, 2.05) is 20.8 Å². The molecule has 0 spiro atoms. The molecular weight excluding hydrogens is 462 g/mol. The number of carbonyl (C=O) groups excluding carboxylic acids is 2. The van der Waals surface area contributed by atoms with Gasteiger partial charge in [0.25, 0.3) is 0 Å². The molecule has 2 aromatic rings. The molecule has 1 heterocycles. The van der Waals surface area contributed by atoms with Gasteiger partial charge in [-0.15, -0.1) is 15.3 Å². The van der Waals surface area contributed by atoms with Crippen LogP contribution in [0.15, 0.2) is 41.4 Å². The van der Waals surface area contributed by atoms with E-state index in [4.69, 9.17) is 70.6 Å². The van der Waals surface area contributed by atoms with Crippen LogP contribution in [0.4, 0.5) is 11.4 Å². The van der Waals surface area contributed by atoms with Gasteiger partial charge in [-0.05, 0) is 34.7 Å². The monoisotopic (exact) mass is 482 g/mol. The van der Waals surface area contributed by atoms with Crippen molar-refractivity contribution in [2.24, 2.45) is 10.9 Å². The normalized spacial score (nSPS) is 16.6. The first-order valence-corrected chi connectivity index (χ1v) is 11.6. The predicted molar refractivity (Wildman–Crippen MR) is 159 cm³/mol. The lowest BCUT2D eigenvalue weighted by atomic mass is 9.09. The van der Waals surface area contributed by atoms with E-state index < -0.39 is 49.5 Å². The zero-order chi connectivity index (χ0) is 29.1. The Kier molecular flexibility index (Phi) is 7.68. The third kappa shape index (κ3) is 5.00. The SMILES string of the molecule is [B]C([B])([B])C(c1cc(C(C)(C)C)c(NC(=O)C2C=Nc3ccccc3C2=O)cc1O)(C([B])([B])[B])C([B])([B])[B]. The van der Waals surface area contributed by atoms with Crippen molar-refractivity contribution in [2.45, 2.75) is 46.9 Å². The molecule has 0 bridgehead atoms. The minimum atomic E-state index is -2.46. The number of aliphatic imine (C=N–C) groups is 1. The van der Waals surface area contributed by atoms with Crippen LogP contribution in [-0.2, 0) is 15.6 Å². The van der Waals surface area contributed by atoms with Crippen LogP contribution in [-0.4, -0.2) is 93.6 Å². The average Bonchev–Trinajstić information content (AvgIpc) is 2.72. The smallest absolute Gasteiger partial charge is 0.240 e. The van der Waals surface area contributed by atoms with Gasteiger partial charge in [0.05, 0.1) is 76.3 Å². The van der Waals surface area contributed by atoms with Gasteiger partial charge < -0.3 is 10.4 Å². The second-order valence-corrected chi connectivity index (χ2v) is 10.8. The molecule has 1 amide bonds. The maximum Gasteiger partial charge on any atom is 0.240 e. The third-order valence-electron chi connectivity index (χ3n) is 6.65. The van der Waals surface area contributed by atoms with Crippen molar-refractivity contribution in [3.8, 4) is 5.75 Å². The van der Waals surface area contributed by atoms with Gasteiger partial charge in [0.15, 0.2) is 5.78 Å². The van der Waals surface area contributed by atoms with Crippen LogP contribution in [0.25, 0.3) is 0 Å². The summed E-state index contributed by atoms with van der Waals surface area (Å²) in [4.78, 5) is 30.5. The summed E-state index contributed by atoms with van der Waals surface area (Å²) in [5, 5.41) is 6.48. The summed E-state index contributed by atoms with van der Waals surface area (Å²) in [7, 11) is 54.5. The van der Waals surface area contributed by atoms with E-state index in [9.17, 15) is 14.7 Å². The lowest BCUT2D eigenvalue weighted by Gasteiger charge is -2.65. The van der Waals surface area contributed by atoms with Gasteiger partial charge in [-0.25, -0.2) is 0 Å². The van der Waals surface area contributed by atoms with Crippen LogP contribution in [0.1, 0.15) is 42.3 Å². The number of benzene rings is 2. The second kappa shape index (κ2) is 9.68. The first kappa shape index (κ1) is 30.2. The number of aromatic hydroxyl groups is 1. The molecule has 3 rings (SSSR count). The molecule has 170 valence electrons.